The Morgan fingerprint density at radius 2 is 1.77 bits per heavy atom. The minimum atomic E-state index is -0.0204. The molecule has 2 aromatic rings. The lowest BCUT2D eigenvalue weighted by Crippen LogP contribution is -2.28. The van der Waals surface area contributed by atoms with Gasteiger partial charge in [0.25, 0.3) is 5.91 Å². The van der Waals surface area contributed by atoms with E-state index < -0.39 is 0 Å². The predicted molar refractivity (Wildman–Crippen MR) is 103 cm³/mol. The van der Waals surface area contributed by atoms with Crippen molar-refractivity contribution in [2.45, 2.75) is 19.3 Å². The number of rotatable bonds is 7. The van der Waals surface area contributed by atoms with E-state index in [4.69, 9.17) is 9.47 Å². The van der Waals surface area contributed by atoms with Crippen molar-refractivity contribution in [3.05, 3.63) is 53.6 Å². The molecule has 1 N–H and O–H groups in total. The zero-order valence-electron chi connectivity index (χ0n) is 15.5. The van der Waals surface area contributed by atoms with Crippen LogP contribution in [-0.4, -0.2) is 39.8 Å². The first kappa shape index (κ1) is 18.1. The van der Waals surface area contributed by atoms with Crippen molar-refractivity contribution in [3.8, 4) is 11.5 Å². The summed E-state index contributed by atoms with van der Waals surface area (Å²) in [5.41, 5.74) is 2.88. The molecule has 0 radical (unpaired) electrons. The fourth-order valence-electron chi connectivity index (χ4n) is 3.35. The summed E-state index contributed by atoms with van der Waals surface area (Å²) >= 11 is 0. The van der Waals surface area contributed by atoms with E-state index in [1.54, 1.807) is 14.2 Å². The van der Waals surface area contributed by atoms with E-state index in [9.17, 15) is 4.79 Å². The zero-order valence-corrected chi connectivity index (χ0v) is 15.5. The topological polar surface area (TPSA) is 50.8 Å². The van der Waals surface area contributed by atoms with Gasteiger partial charge >= 0.3 is 0 Å². The number of anilines is 1. The number of carbonyl (C=O) groups excluding carboxylic acids is 1. The summed E-state index contributed by atoms with van der Waals surface area (Å²) in [6.07, 6.45) is 3.11. The SMILES string of the molecule is COc1ccc(CCNC(=O)c2ccccc2N2CCCC2)cc1OC. The molecule has 1 amide bonds. The number of ether oxygens (including phenoxy) is 2. The largest absolute Gasteiger partial charge is 0.493 e. The summed E-state index contributed by atoms with van der Waals surface area (Å²) < 4.78 is 10.6. The maximum absolute atomic E-state index is 12.7. The van der Waals surface area contributed by atoms with Gasteiger partial charge in [0.15, 0.2) is 11.5 Å². The Morgan fingerprint density at radius 3 is 2.50 bits per heavy atom. The van der Waals surface area contributed by atoms with Gasteiger partial charge in [-0.3, -0.25) is 4.79 Å². The highest BCUT2D eigenvalue weighted by Gasteiger charge is 2.18. The minimum absolute atomic E-state index is 0.0204. The minimum Gasteiger partial charge on any atom is -0.493 e. The summed E-state index contributed by atoms with van der Waals surface area (Å²) in [5.74, 6) is 1.39. The first-order chi connectivity index (χ1) is 12.7. The summed E-state index contributed by atoms with van der Waals surface area (Å²) in [7, 11) is 3.24. The van der Waals surface area contributed by atoms with Crippen molar-refractivity contribution < 1.29 is 14.3 Å². The van der Waals surface area contributed by atoms with Gasteiger partial charge in [-0.15, -0.1) is 0 Å². The van der Waals surface area contributed by atoms with E-state index >= 15 is 0 Å². The highest BCUT2D eigenvalue weighted by atomic mass is 16.5. The number of hydrogen-bond donors (Lipinski definition) is 1. The molecule has 1 aliphatic heterocycles. The number of nitrogens with zero attached hydrogens (tertiary/aromatic N) is 1. The maximum Gasteiger partial charge on any atom is 0.253 e. The molecule has 0 bridgehead atoms. The quantitative estimate of drug-likeness (QED) is 0.829. The first-order valence-electron chi connectivity index (χ1n) is 9.06. The summed E-state index contributed by atoms with van der Waals surface area (Å²) in [4.78, 5) is 14.9. The van der Waals surface area contributed by atoms with Gasteiger partial charge in [-0.05, 0) is 49.1 Å². The highest BCUT2D eigenvalue weighted by molar-refractivity contribution is 5.99. The second-order valence-electron chi connectivity index (χ2n) is 6.41. The number of amides is 1. The van der Waals surface area contributed by atoms with E-state index in [0.29, 0.717) is 18.0 Å². The van der Waals surface area contributed by atoms with E-state index in [1.165, 1.54) is 12.8 Å². The van der Waals surface area contributed by atoms with Crippen molar-refractivity contribution in [2.24, 2.45) is 0 Å². The second-order valence-corrected chi connectivity index (χ2v) is 6.41. The molecule has 2 aromatic carbocycles. The third kappa shape index (κ3) is 4.10. The van der Waals surface area contributed by atoms with Gasteiger partial charge in [0.1, 0.15) is 0 Å². The Balaban J connectivity index is 1.61. The second kappa shape index (κ2) is 8.61. The van der Waals surface area contributed by atoms with Crippen molar-refractivity contribution in [1.82, 2.24) is 5.32 Å². The molecule has 3 rings (SSSR count). The van der Waals surface area contributed by atoms with Crippen LogP contribution in [0, 0.1) is 0 Å². The van der Waals surface area contributed by atoms with Crippen molar-refractivity contribution in [1.29, 1.82) is 0 Å². The van der Waals surface area contributed by atoms with Crippen LogP contribution in [0.5, 0.6) is 11.5 Å². The van der Waals surface area contributed by atoms with Gasteiger partial charge in [-0.2, -0.15) is 0 Å². The lowest BCUT2D eigenvalue weighted by atomic mass is 10.1. The molecule has 0 atom stereocenters. The molecule has 5 heteroatoms. The van der Waals surface area contributed by atoms with Gasteiger partial charge in [-0.25, -0.2) is 0 Å². The summed E-state index contributed by atoms with van der Waals surface area (Å²) in [6, 6.07) is 13.7. The zero-order chi connectivity index (χ0) is 18.4. The Labute approximate surface area is 154 Å². The van der Waals surface area contributed by atoms with Crippen LogP contribution in [0.25, 0.3) is 0 Å². The molecule has 0 spiro atoms. The van der Waals surface area contributed by atoms with Crippen LogP contribution in [0.1, 0.15) is 28.8 Å². The Kier molecular flexibility index (Phi) is 6.00. The molecule has 0 aliphatic carbocycles. The van der Waals surface area contributed by atoms with Crippen molar-refractivity contribution in [2.75, 3.05) is 38.8 Å². The highest BCUT2D eigenvalue weighted by Crippen LogP contribution is 2.28. The van der Waals surface area contributed by atoms with Crippen LogP contribution < -0.4 is 19.7 Å². The van der Waals surface area contributed by atoms with Crippen LogP contribution >= 0.6 is 0 Å². The molecular formula is C21H26N2O3. The molecule has 0 aromatic heterocycles. The van der Waals surface area contributed by atoms with Gasteiger partial charge in [-0.1, -0.05) is 18.2 Å². The number of para-hydroxylation sites is 1. The van der Waals surface area contributed by atoms with Crippen LogP contribution in [0.15, 0.2) is 42.5 Å². The molecule has 26 heavy (non-hydrogen) atoms. The first-order valence-corrected chi connectivity index (χ1v) is 9.06. The number of benzene rings is 2. The van der Waals surface area contributed by atoms with E-state index in [0.717, 1.165) is 36.3 Å². The molecule has 1 aliphatic rings. The third-order valence-corrected chi connectivity index (χ3v) is 4.74. The molecule has 138 valence electrons. The lowest BCUT2D eigenvalue weighted by molar-refractivity contribution is 0.0954. The average Bonchev–Trinajstić information content (AvgIpc) is 3.22. The smallest absolute Gasteiger partial charge is 0.253 e. The van der Waals surface area contributed by atoms with Crippen LogP contribution in [0.3, 0.4) is 0 Å². The predicted octanol–water partition coefficient (Wildman–Crippen LogP) is 3.28. The maximum atomic E-state index is 12.7. The Hall–Kier alpha value is -2.69. The van der Waals surface area contributed by atoms with Crippen LogP contribution in [0.4, 0.5) is 5.69 Å². The summed E-state index contributed by atoms with van der Waals surface area (Å²) in [6.45, 7) is 2.62. The molecule has 1 heterocycles. The molecule has 1 saturated heterocycles. The number of carbonyl (C=O) groups is 1. The Bertz CT molecular complexity index is 755. The number of nitrogens with one attached hydrogen (secondary N) is 1. The number of hydrogen-bond acceptors (Lipinski definition) is 4. The van der Waals surface area contributed by atoms with Crippen molar-refractivity contribution in [3.63, 3.8) is 0 Å². The Morgan fingerprint density at radius 1 is 1.04 bits per heavy atom. The van der Waals surface area contributed by atoms with E-state index in [-0.39, 0.29) is 5.91 Å². The summed E-state index contributed by atoms with van der Waals surface area (Å²) in [5, 5.41) is 3.04. The monoisotopic (exact) mass is 354 g/mol. The van der Waals surface area contributed by atoms with Gasteiger partial charge < -0.3 is 19.7 Å². The molecular weight excluding hydrogens is 328 g/mol. The van der Waals surface area contributed by atoms with Crippen LogP contribution in [-0.2, 0) is 6.42 Å². The van der Waals surface area contributed by atoms with Gasteiger partial charge in [0, 0.05) is 25.3 Å². The van der Waals surface area contributed by atoms with E-state index in [1.807, 2.05) is 42.5 Å². The third-order valence-electron chi connectivity index (χ3n) is 4.74. The molecule has 1 fully saturated rings. The molecule has 0 unspecified atom stereocenters. The number of methoxy groups -OCH3 is 2. The average molecular weight is 354 g/mol. The normalized spacial score (nSPS) is 13.5. The molecule has 5 nitrogen and oxygen atoms in total. The van der Waals surface area contributed by atoms with Gasteiger partial charge in [0.05, 0.1) is 19.8 Å². The fourth-order valence-corrected chi connectivity index (χ4v) is 3.35. The standard InChI is InChI=1S/C21H26N2O3/c1-25-19-10-9-16(15-20(19)26-2)11-12-22-21(24)17-7-3-4-8-18(17)23-13-5-6-14-23/h3-4,7-10,15H,5-6,11-14H2,1-2H3,(H,22,24). The lowest BCUT2D eigenvalue weighted by Gasteiger charge is -2.20. The van der Waals surface area contributed by atoms with Crippen molar-refractivity contribution >= 4 is 11.6 Å². The van der Waals surface area contributed by atoms with Crippen LogP contribution in [0.2, 0.25) is 0 Å². The van der Waals surface area contributed by atoms with Gasteiger partial charge in [0.2, 0.25) is 0 Å². The molecule has 0 saturated carbocycles. The fraction of sp³-hybridized carbons (Fsp3) is 0.381. The van der Waals surface area contributed by atoms with E-state index in [2.05, 4.69) is 10.2 Å².